The summed E-state index contributed by atoms with van der Waals surface area (Å²) in [5.41, 5.74) is 1.46. The van der Waals surface area contributed by atoms with Crippen molar-refractivity contribution in [1.82, 2.24) is 10.2 Å². The molecule has 2 nitrogen and oxygen atoms in total. The van der Waals surface area contributed by atoms with Crippen LogP contribution in [0.3, 0.4) is 0 Å². The second-order valence-electron chi connectivity index (χ2n) is 5.32. The van der Waals surface area contributed by atoms with Crippen molar-refractivity contribution >= 4 is 10.8 Å². The van der Waals surface area contributed by atoms with E-state index in [4.69, 9.17) is 0 Å². The van der Waals surface area contributed by atoms with E-state index >= 15 is 0 Å². The molecule has 2 aromatic carbocycles. The van der Waals surface area contributed by atoms with E-state index in [9.17, 15) is 0 Å². The van der Waals surface area contributed by atoms with Crippen LogP contribution in [0.25, 0.3) is 10.8 Å². The van der Waals surface area contributed by atoms with Crippen molar-refractivity contribution in [2.75, 3.05) is 26.2 Å². The zero-order valence-corrected chi connectivity index (χ0v) is 11.6. The molecule has 0 radical (unpaired) electrons. The van der Waals surface area contributed by atoms with Crippen molar-refractivity contribution in [3.8, 4) is 0 Å². The highest BCUT2D eigenvalue weighted by Crippen LogP contribution is 2.27. The molecule has 0 spiro atoms. The van der Waals surface area contributed by atoms with Crippen LogP contribution in [0.4, 0.5) is 0 Å². The Kier molecular flexibility index (Phi) is 3.81. The van der Waals surface area contributed by atoms with Gasteiger partial charge in [0.1, 0.15) is 0 Å². The topological polar surface area (TPSA) is 15.3 Å². The van der Waals surface area contributed by atoms with Gasteiger partial charge in [0.25, 0.3) is 0 Å². The minimum Gasteiger partial charge on any atom is -0.314 e. The summed E-state index contributed by atoms with van der Waals surface area (Å²) in [5.74, 6) is 0. The van der Waals surface area contributed by atoms with Crippen molar-refractivity contribution in [3.05, 3.63) is 48.0 Å². The highest BCUT2D eigenvalue weighted by molar-refractivity contribution is 5.83. The highest BCUT2D eigenvalue weighted by atomic mass is 15.2. The lowest BCUT2D eigenvalue weighted by Crippen LogP contribution is -2.45. The van der Waals surface area contributed by atoms with Gasteiger partial charge >= 0.3 is 0 Å². The van der Waals surface area contributed by atoms with Gasteiger partial charge < -0.3 is 5.32 Å². The molecule has 2 aromatic rings. The zero-order valence-electron chi connectivity index (χ0n) is 11.6. The number of benzene rings is 2. The average molecular weight is 254 g/mol. The second-order valence-corrected chi connectivity index (χ2v) is 5.32. The average Bonchev–Trinajstić information content (AvgIpc) is 2.49. The molecule has 0 aromatic heterocycles. The molecule has 2 heteroatoms. The minimum atomic E-state index is 0.562. The van der Waals surface area contributed by atoms with Gasteiger partial charge in [-0.05, 0) is 28.8 Å². The third-order valence-corrected chi connectivity index (χ3v) is 4.14. The van der Waals surface area contributed by atoms with Gasteiger partial charge in [0, 0.05) is 32.2 Å². The number of hydrogen-bond donors (Lipinski definition) is 1. The highest BCUT2D eigenvalue weighted by Gasteiger charge is 2.20. The molecule has 1 unspecified atom stereocenters. The normalized spacial score (nSPS) is 18.6. The lowest BCUT2D eigenvalue weighted by molar-refractivity contribution is 0.169. The van der Waals surface area contributed by atoms with Gasteiger partial charge in [0.2, 0.25) is 0 Å². The SMILES string of the molecule is CCC(c1ccc2ccccc2c1)N1CCNCC1. The van der Waals surface area contributed by atoms with Crippen molar-refractivity contribution in [3.63, 3.8) is 0 Å². The van der Waals surface area contributed by atoms with Crippen LogP contribution in [0.1, 0.15) is 24.9 Å². The van der Waals surface area contributed by atoms with Crippen LogP contribution in [-0.2, 0) is 0 Å². The number of rotatable bonds is 3. The van der Waals surface area contributed by atoms with E-state index in [1.165, 1.54) is 22.8 Å². The van der Waals surface area contributed by atoms with Gasteiger partial charge in [-0.25, -0.2) is 0 Å². The van der Waals surface area contributed by atoms with E-state index in [0.717, 1.165) is 26.2 Å². The second kappa shape index (κ2) is 5.72. The van der Waals surface area contributed by atoms with Gasteiger partial charge in [-0.2, -0.15) is 0 Å². The van der Waals surface area contributed by atoms with Gasteiger partial charge in [0.05, 0.1) is 0 Å². The maximum atomic E-state index is 3.43. The van der Waals surface area contributed by atoms with Gasteiger partial charge in [-0.15, -0.1) is 0 Å². The summed E-state index contributed by atoms with van der Waals surface area (Å²) >= 11 is 0. The fourth-order valence-electron chi connectivity index (χ4n) is 3.11. The van der Waals surface area contributed by atoms with E-state index in [1.807, 2.05) is 0 Å². The fourth-order valence-corrected chi connectivity index (χ4v) is 3.11. The largest absolute Gasteiger partial charge is 0.314 e. The van der Waals surface area contributed by atoms with E-state index in [1.54, 1.807) is 0 Å². The molecule has 1 fully saturated rings. The Morgan fingerprint density at radius 1 is 1.05 bits per heavy atom. The molecule has 1 saturated heterocycles. The molecule has 1 aliphatic rings. The Bertz CT molecular complexity index is 544. The zero-order chi connectivity index (χ0) is 13.1. The third-order valence-electron chi connectivity index (χ3n) is 4.14. The Morgan fingerprint density at radius 3 is 2.53 bits per heavy atom. The van der Waals surface area contributed by atoms with Crippen LogP contribution >= 0.6 is 0 Å². The first-order chi connectivity index (χ1) is 9.38. The predicted molar refractivity (Wildman–Crippen MR) is 81.4 cm³/mol. The third kappa shape index (κ3) is 2.65. The van der Waals surface area contributed by atoms with Crippen molar-refractivity contribution in [2.45, 2.75) is 19.4 Å². The molecule has 1 aliphatic heterocycles. The molecular weight excluding hydrogens is 232 g/mol. The Morgan fingerprint density at radius 2 is 1.79 bits per heavy atom. The van der Waals surface area contributed by atoms with E-state index in [0.29, 0.717) is 6.04 Å². The first kappa shape index (κ1) is 12.6. The standard InChI is InChI=1S/C17H22N2/c1-2-17(19-11-9-18-10-12-19)16-8-7-14-5-3-4-6-15(14)13-16/h3-8,13,17-18H,2,9-12H2,1H3. The smallest absolute Gasteiger partial charge is 0.0346 e. The minimum absolute atomic E-state index is 0.562. The fraction of sp³-hybridized carbons (Fsp3) is 0.412. The summed E-state index contributed by atoms with van der Waals surface area (Å²) in [6, 6.07) is 16.1. The number of hydrogen-bond acceptors (Lipinski definition) is 2. The molecule has 1 heterocycles. The first-order valence-corrected chi connectivity index (χ1v) is 7.32. The Hall–Kier alpha value is -1.38. The van der Waals surface area contributed by atoms with E-state index in [-0.39, 0.29) is 0 Å². The summed E-state index contributed by atoms with van der Waals surface area (Å²) in [6.07, 6.45) is 1.18. The molecule has 0 amide bonds. The van der Waals surface area contributed by atoms with Crippen LogP contribution in [0.5, 0.6) is 0 Å². The molecule has 1 N–H and O–H groups in total. The predicted octanol–water partition coefficient (Wildman–Crippen LogP) is 3.20. The van der Waals surface area contributed by atoms with Crippen LogP contribution < -0.4 is 5.32 Å². The Balaban J connectivity index is 1.91. The van der Waals surface area contributed by atoms with Crippen LogP contribution in [-0.4, -0.2) is 31.1 Å². The molecule has 0 aliphatic carbocycles. The maximum absolute atomic E-state index is 3.43. The van der Waals surface area contributed by atoms with Gasteiger partial charge in [0.15, 0.2) is 0 Å². The monoisotopic (exact) mass is 254 g/mol. The number of piperazine rings is 1. The molecule has 1 atom stereocenters. The first-order valence-electron chi connectivity index (χ1n) is 7.32. The summed E-state index contributed by atoms with van der Waals surface area (Å²) in [7, 11) is 0. The summed E-state index contributed by atoms with van der Waals surface area (Å²) in [6.45, 7) is 6.84. The van der Waals surface area contributed by atoms with Crippen molar-refractivity contribution in [2.24, 2.45) is 0 Å². The van der Waals surface area contributed by atoms with E-state index in [2.05, 4.69) is 59.6 Å². The lowest BCUT2D eigenvalue weighted by atomic mass is 9.98. The number of nitrogens with one attached hydrogen (secondary N) is 1. The molecule has 0 saturated carbocycles. The quantitative estimate of drug-likeness (QED) is 0.905. The van der Waals surface area contributed by atoms with Gasteiger partial charge in [-0.3, -0.25) is 4.90 Å². The van der Waals surface area contributed by atoms with Crippen molar-refractivity contribution < 1.29 is 0 Å². The van der Waals surface area contributed by atoms with E-state index < -0.39 is 0 Å². The van der Waals surface area contributed by atoms with Gasteiger partial charge in [-0.1, -0.05) is 43.3 Å². The molecule has 0 bridgehead atoms. The summed E-state index contributed by atoms with van der Waals surface area (Å²) in [4.78, 5) is 2.61. The van der Waals surface area contributed by atoms with Crippen LogP contribution in [0, 0.1) is 0 Å². The maximum Gasteiger partial charge on any atom is 0.0346 e. The molecule has 3 rings (SSSR count). The number of fused-ring (bicyclic) bond motifs is 1. The lowest BCUT2D eigenvalue weighted by Gasteiger charge is -2.34. The Labute approximate surface area is 115 Å². The summed E-state index contributed by atoms with van der Waals surface area (Å²) < 4.78 is 0. The van der Waals surface area contributed by atoms with Crippen LogP contribution in [0.2, 0.25) is 0 Å². The van der Waals surface area contributed by atoms with Crippen LogP contribution in [0.15, 0.2) is 42.5 Å². The summed E-state index contributed by atoms with van der Waals surface area (Å²) in [5, 5.41) is 6.12. The molecule has 100 valence electrons. The molecular formula is C17H22N2. The number of nitrogens with zero attached hydrogens (tertiary/aromatic N) is 1. The van der Waals surface area contributed by atoms with Crippen molar-refractivity contribution in [1.29, 1.82) is 0 Å². The molecule has 19 heavy (non-hydrogen) atoms.